The van der Waals surface area contributed by atoms with E-state index in [9.17, 15) is 4.79 Å². The SMILES string of the molecule is CCOC(=O)/C(=N\Nc1ccc(Br)cc1)Sc1nnnn1-c1ccccc1. The van der Waals surface area contributed by atoms with Gasteiger partial charge in [-0.25, -0.2) is 4.79 Å². The number of rotatable bonds is 5. The number of hydrogen-bond acceptors (Lipinski definition) is 8. The molecule has 138 valence electrons. The van der Waals surface area contributed by atoms with Crippen molar-refractivity contribution in [3.05, 3.63) is 59.1 Å². The van der Waals surface area contributed by atoms with Crippen molar-refractivity contribution in [3.8, 4) is 5.69 Å². The van der Waals surface area contributed by atoms with Crippen LogP contribution >= 0.6 is 27.7 Å². The van der Waals surface area contributed by atoms with Crippen molar-refractivity contribution < 1.29 is 9.53 Å². The zero-order valence-electron chi connectivity index (χ0n) is 14.2. The molecule has 3 rings (SSSR count). The van der Waals surface area contributed by atoms with Crippen LogP contribution in [-0.4, -0.2) is 37.8 Å². The van der Waals surface area contributed by atoms with Crippen LogP contribution in [0.2, 0.25) is 0 Å². The van der Waals surface area contributed by atoms with Crippen molar-refractivity contribution in [1.29, 1.82) is 0 Å². The van der Waals surface area contributed by atoms with Gasteiger partial charge in [0.25, 0.3) is 0 Å². The molecule has 27 heavy (non-hydrogen) atoms. The predicted molar refractivity (Wildman–Crippen MR) is 107 cm³/mol. The third kappa shape index (κ3) is 5.14. The zero-order chi connectivity index (χ0) is 19.1. The number of halogens is 1. The molecule has 3 aromatic rings. The summed E-state index contributed by atoms with van der Waals surface area (Å²) in [6, 6.07) is 16.8. The van der Waals surface area contributed by atoms with Crippen LogP contribution in [0.25, 0.3) is 5.69 Å². The summed E-state index contributed by atoms with van der Waals surface area (Å²) in [5.41, 5.74) is 4.35. The van der Waals surface area contributed by atoms with Gasteiger partial charge in [0.05, 0.1) is 18.0 Å². The molecule has 0 fully saturated rings. The molecule has 0 atom stereocenters. The molecule has 0 amide bonds. The van der Waals surface area contributed by atoms with Gasteiger partial charge in [-0.2, -0.15) is 9.78 Å². The average Bonchev–Trinajstić information content (AvgIpc) is 3.15. The van der Waals surface area contributed by atoms with Crippen LogP contribution in [0.4, 0.5) is 5.69 Å². The van der Waals surface area contributed by atoms with Crippen LogP contribution in [0.15, 0.2) is 69.3 Å². The fraction of sp³-hybridized carbons (Fsp3) is 0.118. The monoisotopic (exact) mass is 446 g/mol. The third-order valence-corrected chi connectivity index (χ3v) is 4.63. The van der Waals surface area contributed by atoms with E-state index in [1.54, 1.807) is 6.92 Å². The molecule has 0 spiro atoms. The Balaban J connectivity index is 1.84. The minimum absolute atomic E-state index is 0.0896. The zero-order valence-corrected chi connectivity index (χ0v) is 16.6. The van der Waals surface area contributed by atoms with Gasteiger partial charge in [-0.3, -0.25) is 5.43 Å². The lowest BCUT2D eigenvalue weighted by molar-refractivity contribution is -0.134. The number of hydrazone groups is 1. The summed E-state index contributed by atoms with van der Waals surface area (Å²) in [5, 5.41) is 16.3. The predicted octanol–water partition coefficient (Wildman–Crippen LogP) is 3.51. The number of benzene rings is 2. The molecule has 0 radical (unpaired) electrons. The minimum atomic E-state index is -0.560. The van der Waals surface area contributed by atoms with E-state index in [0.717, 1.165) is 27.6 Å². The lowest BCUT2D eigenvalue weighted by Gasteiger charge is -2.07. The number of aromatic nitrogens is 4. The highest BCUT2D eigenvalue weighted by Crippen LogP contribution is 2.21. The van der Waals surface area contributed by atoms with Crippen molar-refractivity contribution in [2.24, 2.45) is 5.10 Å². The van der Waals surface area contributed by atoms with Crippen LogP contribution in [0.5, 0.6) is 0 Å². The number of thioether (sulfide) groups is 1. The number of nitrogens with zero attached hydrogens (tertiary/aromatic N) is 5. The summed E-state index contributed by atoms with van der Waals surface area (Å²) >= 11 is 4.39. The molecule has 0 unspecified atom stereocenters. The summed E-state index contributed by atoms with van der Waals surface area (Å²) < 4.78 is 7.56. The third-order valence-electron chi connectivity index (χ3n) is 3.21. The van der Waals surface area contributed by atoms with Gasteiger partial charge >= 0.3 is 5.97 Å². The van der Waals surface area contributed by atoms with Crippen LogP contribution in [0.3, 0.4) is 0 Å². The van der Waals surface area contributed by atoms with E-state index in [1.165, 1.54) is 4.68 Å². The Hall–Kier alpha value is -2.72. The molecular formula is C17H15BrN6O2S. The highest BCUT2D eigenvalue weighted by atomic mass is 79.9. The number of carbonyl (C=O) groups is 1. The lowest BCUT2D eigenvalue weighted by Crippen LogP contribution is -2.17. The molecule has 0 bridgehead atoms. The summed E-state index contributed by atoms with van der Waals surface area (Å²) in [5.74, 6) is -0.560. The minimum Gasteiger partial charge on any atom is -0.461 e. The molecule has 2 aromatic carbocycles. The first kappa shape index (κ1) is 19.1. The Morgan fingerprint density at radius 3 is 2.67 bits per heavy atom. The standard InChI is InChI=1S/C17H15BrN6O2S/c1-2-26-16(25)15(20-19-13-10-8-12(18)9-11-13)27-17-21-22-23-24(17)14-6-4-3-5-7-14/h3-11,19H,2H2,1H3/b20-15+. The Labute approximate surface area is 168 Å². The summed E-state index contributed by atoms with van der Waals surface area (Å²) in [6.45, 7) is 1.97. The van der Waals surface area contributed by atoms with Crippen LogP contribution < -0.4 is 5.43 Å². The Bertz CT molecular complexity index is 930. The van der Waals surface area contributed by atoms with Crippen molar-refractivity contribution in [3.63, 3.8) is 0 Å². The Morgan fingerprint density at radius 2 is 1.96 bits per heavy atom. The molecule has 0 aliphatic carbocycles. The van der Waals surface area contributed by atoms with Gasteiger partial charge < -0.3 is 4.74 Å². The molecule has 0 aliphatic rings. The second-order valence-corrected chi connectivity index (χ2v) is 6.94. The van der Waals surface area contributed by atoms with Gasteiger partial charge in [-0.1, -0.05) is 34.1 Å². The lowest BCUT2D eigenvalue weighted by atomic mass is 10.3. The highest BCUT2D eigenvalue weighted by Gasteiger charge is 2.20. The molecule has 1 N–H and O–H groups in total. The van der Waals surface area contributed by atoms with Crippen LogP contribution in [-0.2, 0) is 9.53 Å². The first-order valence-corrected chi connectivity index (χ1v) is 9.56. The second kappa shape index (κ2) is 9.28. The maximum atomic E-state index is 12.3. The van der Waals surface area contributed by atoms with Crippen molar-refractivity contribution in [2.45, 2.75) is 12.1 Å². The number of nitrogens with one attached hydrogen (secondary N) is 1. The van der Waals surface area contributed by atoms with E-state index in [4.69, 9.17) is 4.74 Å². The number of hydrogen-bond donors (Lipinski definition) is 1. The fourth-order valence-corrected chi connectivity index (χ4v) is 2.98. The largest absolute Gasteiger partial charge is 0.461 e. The van der Waals surface area contributed by atoms with E-state index < -0.39 is 5.97 Å². The summed E-state index contributed by atoms with van der Waals surface area (Å²) in [7, 11) is 0. The normalized spacial score (nSPS) is 11.3. The van der Waals surface area contributed by atoms with E-state index >= 15 is 0 Å². The molecule has 1 aromatic heterocycles. The topological polar surface area (TPSA) is 94.3 Å². The Kier molecular flexibility index (Phi) is 6.55. The number of tetrazole rings is 1. The molecule has 10 heteroatoms. The van der Waals surface area contributed by atoms with Gasteiger partial charge in [0, 0.05) is 4.47 Å². The quantitative estimate of drug-likeness (QED) is 0.210. The maximum Gasteiger partial charge on any atom is 0.365 e. The first-order valence-electron chi connectivity index (χ1n) is 7.95. The number of para-hydroxylation sites is 1. The van der Waals surface area contributed by atoms with Crippen molar-refractivity contribution in [2.75, 3.05) is 12.0 Å². The highest BCUT2D eigenvalue weighted by molar-refractivity contribution is 9.10. The summed E-state index contributed by atoms with van der Waals surface area (Å²) in [4.78, 5) is 12.3. The number of esters is 1. The van der Waals surface area contributed by atoms with Gasteiger partial charge in [0.2, 0.25) is 10.2 Å². The number of ether oxygens (including phenoxy) is 1. The van der Waals surface area contributed by atoms with E-state index in [0.29, 0.717) is 5.16 Å². The van der Waals surface area contributed by atoms with Crippen LogP contribution in [0.1, 0.15) is 6.92 Å². The molecule has 1 heterocycles. The van der Waals surface area contributed by atoms with Crippen molar-refractivity contribution in [1.82, 2.24) is 20.2 Å². The first-order chi connectivity index (χ1) is 13.2. The average molecular weight is 447 g/mol. The molecular weight excluding hydrogens is 432 g/mol. The van der Waals surface area contributed by atoms with Gasteiger partial charge in [-0.15, -0.1) is 5.10 Å². The van der Waals surface area contributed by atoms with E-state index in [-0.39, 0.29) is 11.7 Å². The van der Waals surface area contributed by atoms with Gasteiger partial charge in [0.15, 0.2) is 0 Å². The molecule has 0 saturated carbocycles. The maximum absolute atomic E-state index is 12.3. The Morgan fingerprint density at radius 1 is 1.22 bits per heavy atom. The van der Waals surface area contributed by atoms with E-state index in [1.807, 2.05) is 54.6 Å². The summed E-state index contributed by atoms with van der Waals surface area (Å²) in [6.07, 6.45) is 0. The molecule has 0 saturated heterocycles. The fourth-order valence-electron chi connectivity index (χ4n) is 2.00. The van der Waals surface area contributed by atoms with E-state index in [2.05, 4.69) is 42.0 Å². The number of anilines is 1. The molecule has 0 aliphatic heterocycles. The second-order valence-electron chi connectivity index (χ2n) is 5.07. The van der Waals surface area contributed by atoms with Crippen molar-refractivity contribution >= 4 is 44.4 Å². The molecule has 8 nitrogen and oxygen atoms in total. The number of carbonyl (C=O) groups excluding carboxylic acids is 1. The van der Waals surface area contributed by atoms with Gasteiger partial charge in [-0.05, 0) is 65.5 Å². The van der Waals surface area contributed by atoms with Crippen LogP contribution in [0, 0.1) is 0 Å². The van der Waals surface area contributed by atoms with Gasteiger partial charge in [0.1, 0.15) is 0 Å². The smallest absolute Gasteiger partial charge is 0.365 e.